The number of amides is 3. The van der Waals surface area contributed by atoms with Crippen molar-refractivity contribution in [2.75, 3.05) is 20.2 Å². The topological polar surface area (TPSA) is 84.9 Å². The molecule has 0 radical (unpaired) electrons. The van der Waals surface area contributed by atoms with Crippen LogP contribution in [0.1, 0.15) is 17.3 Å². The Balaban J connectivity index is 2.08. The van der Waals surface area contributed by atoms with Crippen molar-refractivity contribution in [1.82, 2.24) is 10.2 Å². The van der Waals surface area contributed by atoms with Crippen LogP contribution in [0.3, 0.4) is 0 Å². The SMILES string of the molecule is COc1ccc(Br)c(C(=O)O[C@H](C)C(=O)N2CCNC2=O)c1. The number of nitrogens with zero attached hydrogens (tertiary/aromatic N) is 1. The molecule has 0 spiro atoms. The third-order valence-electron chi connectivity index (χ3n) is 3.15. The van der Waals surface area contributed by atoms with E-state index in [4.69, 9.17) is 9.47 Å². The Labute approximate surface area is 135 Å². The predicted molar refractivity (Wildman–Crippen MR) is 80.7 cm³/mol. The van der Waals surface area contributed by atoms with Crippen molar-refractivity contribution in [3.63, 3.8) is 0 Å². The number of hydrogen-bond donors (Lipinski definition) is 1. The fourth-order valence-corrected chi connectivity index (χ4v) is 2.37. The molecule has 1 aromatic rings. The lowest BCUT2D eigenvalue weighted by Gasteiger charge is -2.18. The van der Waals surface area contributed by atoms with E-state index in [1.807, 2.05) is 0 Å². The van der Waals surface area contributed by atoms with Crippen LogP contribution in [0.15, 0.2) is 22.7 Å². The van der Waals surface area contributed by atoms with Crippen molar-refractivity contribution in [3.05, 3.63) is 28.2 Å². The Kier molecular flexibility index (Phi) is 5.02. The average molecular weight is 371 g/mol. The molecule has 7 nitrogen and oxygen atoms in total. The molecule has 1 saturated heterocycles. The van der Waals surface area contributed by atoms with Gasteiger partial charge in [-0.05, 0) is 41.1 Å². The number of halogens is 1. The number of methoxy groups -OCH3 is 1. The Morgan fingerprint density at radius 2 is 2.14 bits per heavy atom. The zero-order valence-electron chi connectivity index (χ0n) is 12.1. The summed E-state index contributed by atoms with van der Waals surface area (Å²) in [5, 5.41) is 2.52. The van der Waals surface area contributed by atoms with E-state index >= 15 is 0 Å². The zero-order valence-corrected chi connectivity index (χ0v) is 13.7. The first-order valence-corrected chi connectivity index (χ1v) is 7.37. The van der Waals surface area contributed by atoms with Gasteiger partial charge in [0.1, 0.15) is 5.75 Å². The van der Waals surface area contributed by atoms with Gasteiger partial charge in [0.05, 0.1) is 12.7 Å². The molecule has 22 heavy (non-hydrogen) atoms. The van der Waals surface area contributed by atoms with E-state index in [-0.39, 0.29) is 12.1 Å². The van der Waals surface area contributed by atoms with Gasteiger partial charge in [-0.1, -0.05) is 0 Å². The van der Waals surface area contributed by atoms with E-state index < -0.39 is 24.0 Å². The van der Waals surface area contributed by atoms with Crippen LogP contribution in [-0.4, -0.2) is 49.1 Å². The maximum absolute atomic E-state index is 12.2. The molecule has 3 amide bonds. The molecule has 0 unspecified atom stereocenters. The summed E-state index contributed by atoms with van der Waals surface area (Å²) in [5.74, 6) is -0.735. The van der Waals surface area contributed by atoms with E-state index in [0.717, 1.165) is 4.90 Å². The third-order valence-corrected chi connectivity index (χ3v) is 3.84. The molecule has 1 aromatic carbocycles. The number of imide groups is 1. The van der Waals surface area contributed by atoms with Crippen LogP contribution >= 0.6 is 15.9 Å². The van der Waals surface area contributed by atoms with Crippen LogP contribution < -0.4 is 10.1 Å². The predicted octanol–water partition coefficient (Wildman–Crippen LogP) is 1.55. The second kappa shape index (κ2) is 6.78. The Hall–Kier alpha value is -2.09. The standard InChI is InChI=1S/C14H15BrN2O5/c1-8(12(18)17-6-5-16-14(17)20)22-13(19)10-7-9(21-2)3-4-11(10)15/h3-4,7-8H,5-6H2,1-2H3,(H,16,20)/t8-/m1/s1. The van der Waals surface area contributed by atoms with Crippen molar-refractivity contribution in [2.45, 2.75) is 13.0 Å². The van der Waals surface area contributed by atoms with Gasteiger partial charge in [0.15, 0.2) is 6.10 Å². The number of carbonyl (C=O) groups is 3. The average Bonchev–Trinajstić information content (AvgIpc) is 2.92. The van der Waals surface area contributed by atoms with Gasteiger partial charge in [-0.25, -0.2) is 9.59 Å². The summed E-state index contributed by atoms with van der Waals surface area (Å²) in [6, 6.07) is 4.36. The minimum Gasteiger partial charge on any atom is -0.497 e. The van der Waals surface area contributed by atoms with Crippen molar-refractivity contribution in [1.29, 1.82) is 0 Å². The molecule has 1 N–H and O–H groups in total. The fourth-order valence-electron chi connectivity index (χ4n) is 1.96. The van der Waals surface area contributed by atoms with Gasteiger partial charge in [0.25, 0.3) is 5.91 Å². The number of ether oxygens (including phenoxy) is 2. The number of rotatable bonds is 4. The number of benzene rings is 1. The van der Waals surface area contributed by atoms with E-state index in [0.29, 0.717) is 16.8 Å². The maximum Gasteiger partial charge on any atom is 0.340 e. The second-order valence-corrected chi connectivity index (χ2v) is 5.47. The Morgan fingerprint density at radius 1 is 1.41 bits per heavy atom. The van der Waals surface area contributed by atoms with Gasteiger partial charge in [0, 0.05) is 17.6 Å². The number of carbonyl (C=O) groups excluding carboxylic acids is 3. The van der Waals surface area contributed by atoms with Gasteiger partial charge in [-0.2, -0.15) is 0 Å². The van der Waals surface area contributed by atoms with Gasteiger partial charge in [-0.15, -0.1) is 0 Å². The summed E-state index contributed by atoms with van der Waals surface area (Å²) >= 11 is 3.25. The summed E-state index contributed by atoms with van der Waals surface area (Å²) in [4.78, 5) is 36.7. The first-order chi connectivity index (χ1) is 10.4. The van der Waals surface area contributed by atoms with Gasteiger partial charge < -0.3 is 14.8 Å². The number of urea groups is 1. The first kappa shape index (κ1) is 16.3. The highest BCUT2D eigenvalue weighted by molar-refractivity contribution is 9.10. The molecule has 8 heteroatoms. The Morgan fingerprint density at radius 3 is 2.73 bits per heavy atom. The number of nitrogens with one attached hydrogen (secondary N) is 1. The smallest absolute Gasteiger partial charge is 0.340 e. The number of esters is 1. The molecule has 2 rings (SSSR count). The second-order valence-electron chi connectivity index (χ2n) is 4.62. The lowest BCUT2D eigenvalue weighted by molar-refractivity contribution is -0.136. The van der Waals surface area contributed by atoms with Gasteiger partial charge in [0.2, 0.25) is 0 Å². The molecule has 0 bridgehead atoms. The van der Waals surface area contributed by atoms with E-state index in [9.17, 15) is 14.4 Å². The van der Waals surface area contributed by atoms with Crippen molar-refractivity contribution in [2.24, 2.45) is 0 Å². The van der Waals surface area contributed by atoms with Crippen molar-refractivity contribution < 1.29 is 23.9 Å². The largest absolute Gasteiger partial charge is 0.497 e. The van der Waals surface area contributed by atoms with Crippen LogP contribution in [0.25, 0.3) is 0 Å². The fraction of sp³-hybridized carbons (Fsp3) is 0.357. The number of hydrogen-bond acceptors (Lipinski definition) is 5. The highest BCUT2D eigenvalue weighted by Gasteiger charge is 2.32. The molecule has 1 atom stereocenters. The molecule has 1 fully saturated rings. The molecule has 118 valence electrons. The summed E-state index contributed by atoms with van der Waals surface area (Å²) in [6.45, 7) is 2.09. The molecule has 1 aliphatic rings. The molecule has 0 aromatic heterocycles. The minimum absolute atomic E-state index is 0.241. The Bertz CT molecular complexity index is 619. The lowest BCUT2D eigenvalue weighted by Crippen LogP contribution is -2.41. The van der Waals surface area contributed by atoms with Crippen molar-refractivity contribution >= 4 is 33.8 Å². The van der Waals surface area contributed by atoms with Crippen LogP contribution in [-0.2, 0) is 9.53 Å². The highest BCUT2D eigenvalue weighted by atomic mass is 79.9. The van der Waals surface area contributed by atoms with Crippen LogP contribution in [0.4, 0.5) is 4.79 Å². The monoisotopic (exact) mass is 370 g/mol. The minimum atomic E-state index is -1.06. The van der Waals surface area contributed by atoms with Gasteiger partial charge in [-0.3, -0.25) is 9.69 Å². The molecule has 0 aliphatic carbocycles. The van der Waals surface area contributed by atoms with Crippen LogP contribution in [0.5, 0.6) is 5.75 Å². The zero-order chi connectivity index (χ0) is 16.3. The first-order valence-electron chi connectivity index (χ1n) is 6.57. The maximum atomic E-state index is 12.2. The summed E-state index contributed by atoms with van der Waals surface area (Å²) in [6.07, 6.45) is -1.06. The normalized spacial score (nSPS) is 15.2. The molecule has 1 aliphatic heterocycles. The van der Waals surface area contributed by atoms with E-state index in [1.165, 1.54) is 20.1 Å². The summed E-state index contributed by atoms with van der Waals surface area (Å²) in [7, 11) is 1.48. The quantitative estimate of drug-likeness (QED) is 0.812. The molecular weight excluding hydrogens is 356 g/mol. The molecular formula is C14H15BrN2O5. The summed E-state index contributed by atoms with van der Waals surface area (Å²) < 4.78 is 10.7. The van der Waals surface area contributed by atoms with E-state index in [2.05, 4.69) is 21.2 Å². The van der Waals surface area contributed by atoms with E-state index in [1.54, 1.807) is 12.1 Å². The highest BCUT2D eigenvalue weighted by Crippen LogP contribution is 2.23. The van der Waals surface area contributed by atoms with Crippen LogP contribution in [0, 0.1) is 0 Å². The van der Waals surface area contributed by atoms with Gasteiger partial charge >= 0.3 is 12.0 Å². The van der Waals surface area contributed by atoms with Crippen LogP contribution in [0.2, 0.25) is 0 Å². The van der Waals surface area contributed by atoms with Crippen molar-refractivity contribution in [3.8, 4) is 5.75 Å². The molecule has 0 saturated carbocycles. The summed E-state index contributed by atoms with van der Waals surface area (Å²) in [5.41, 5.74) is 0.241. The third kappa shape index (κ3) is 3.38. The lowest BCUT2D eigenvalue weighted by atomic mass is 10.2. The molecule has 1 heterocycles.